The van der Waals surface area contributed by atoms with Gasteiger partial charge in [0.05, 0.1) is 6.04 Å². The fourth-order valence-electron chi connectivity index (χ4n) is 7.08. The Balaban J connectivity index is 1.04. The Hall–Kier alpha value is -3.02. The zero-order chi connectivity index (χ0) is 23.3. The molecule has 1 unspecified atom stereocenters. The smallest absolute Gasteiger partial charge is 0.251 e. The molecule has 1 atom stereocenters. The van der Waals surface area contributed by atoms with Gasteiger partial charge in [0.15, 0.2) is 11.5 Å². The Morgan fingerprint density at radius 1 is 0.941 bits per heavy atom. The fourth-order valence-corrected chi connectivity index (χ4v) is 7.08. The van der Waals surface area contributed by atoms with Crippen LogP contribution in [0.5, 0.6) is 11.5 Å². The summed E-state index contributed by atoms with van der Waals surface area (Å²) >= 11 is 0. The van der Waals surface area contributed by atoms with Gasteiger partial charge in [0.25, 0.3) is 5.91 Å². The first-order valence-electron chi connectivity index (χ1n) is 12.5. The van der Waals surface area contributed by atoms with Crippen LogP contribution in [-0.4, -0.2) is 18.6 Å². The number of nitrogens with one attached hydrogen (secondary N) is 2. The molecular weight excluding hydrogens is 428 g/mol. The number of carbonyl (C=O) groups is 2. The zero-order valence-corrected chi connectivity index (χ0v) is 19.6. The first kappa shape index (κ1) is 21.5. The van der Waals surface area contributed by atoms with Crippen molar-refractivity contribution in [1.29, 1.82) is 0 Å². The maximum atomic E-state index is 13.2. The van der Waals surface area contributed by atoms with Gasteiger partial charge in [-0.2, -0.15) is 0 Å². The van der Waals surface area contributed by atoms with Gasteiger partial charge in [-0.15, -0.1) is 0 Å². The average molecular weight is 461 g/mol. The Bertz CT molecular complexity index is 1070. The molecule has 4 bridgehead atoms. The van der Waals surface area contributed by atoms with E-state index < -0.39 is 0 Å². The lowest BCUT2D eigenvalue weighted by molar-refractivity contribution is -0.146. The standard InChI is InChI=1S/C28H32N2O4/c1-17(23-6-7-24-25(11-23)34-16-33-24)30-26(31)22-4-2-18(3-5-22)15-29-27(32)28-12-19-8-20(13-28)10-21(9-19)14-28/h2-7,11,17,19-21H,8-10,12-16H2,1H3,(H,29,32)(H,30,31). The van der Waals surface area contributed by atoms with Crippen LogP contribution in [0.1, 0.15) is 73.0 Å². The van der Waals surface area contributed by atoms with Crippen molar-refractivity contribution >= 4 is 11.8 Å². The molecule has 5 aliphatic rings. The lowest BCUT2D eigenvalue weighted by Gasteiger charge is -2.55. The molecule has 178 valence electrons. The number of ether oxygens (including phenoxy) is 2. The Kier molecular flexibility index (Phi) is 5.27. The molecule has 1 heterocycles. The molecule has 4 aliphatic carbocycles. The summed E-state index contributed by atoms with van der Waals surface area (Å²) in [5, 5.41) is 6.26. The van der Waals surface area contributed by atoms with E-state index in [0.29, 0.717) is 17.9 Å². The van der Waals surface area contributed by atoms with Gasteiger partial charge in [0.2, 0.25) is 12.7 Å². The molecule has 6 nitrogen and oxygen atoms in total. The molecule has 7 rings (SSSR count). The summed E-state index contributed by atoms with van der Waals surface area (Å²) in [5.74, 6) is 3.83. The van der Waals surface area contributed by atoms with Crippen molar-refractivity contribution in [2.75, 3.05) is 6.79 Å². The first-order chi connectivity index (χ1) is 16.5. The van der Waals surface area contributed by atoms with Crippen molar-refractivity contribution in [1.82, 2.24) is 10.6 Å². The average Bonchev–Trinajstić information content (AvgIpc) is 3.30. The van der Waals surface area contributed by atoms with Crippen LogP contribution < -0.4 is 20.1 Å². The molecule has 2 aromatic rings. The van der Waals surface area contributed by atoms with Gasteiger partial charge in [-0.25, -0.2) is 0 Å². The molecule has 0 aromatic heterocycles. The number of fused-ring (bicyclic) bond motifs is 1. The highest BCUT2D eigenvalue weighted by atomic mass is 16.7. The minimum absolute atomic E-state index is 0.126. The highest BCUT2D eigenvalue weighted by Crippen LogP contribution is 2.60. The van der Waals surface area contributed by atoms with Crippen LogP contribution in [0.25, 0.3) is 0 Å². The van der Waals surface area contributed by atoms with Crippen LogP contribution >= 0.6 is 0 Å². The van der Waals surface area contributed by atoms with Crippen molar-refractivity contribution < 1.29 is 19.1 Å². The van der Waals surface area contributed by atoms with E-state index in [1.165, 1.54) is 19.3 Å². The maximum absolute atomic E-state index is 13.2. The molecule has 2 amide bonds. The summed E-state index contributed by atoms with van der Waals surface area (Å²) in [7, 11) is 0. The van der Waals surface area contributed by atoms with Crippen LogP contribution in [0, 0.1) is 23.2 Å². The van der Waals surface area contributed by atoms with Gasteiger partial charge in [-0.3, -0.25) is 9.59 Å². The monoisotopic (exact) mass is 460 g/mol. The quantitative estimate of drug-likeness (QED) is 0.653. The highest BCUT2D eigenvalue weighted by Gasteiger charge is 2.54. The predicted octanol–water partition coefficient (Wildman–Crippen LogP) is 4.74. The summed E-state index contributed by atoms with van der Waals surface area (Å²) in [4.78, 5) is 25.9. The summed E-state index contributed by atoms with van der Waals surface area (Å²) in [6.07, 6.45) is 7.23. The molecule has 2 N–H and O–H groups in total. The normalized spacial score (nSPS) is 29.0. The Morgan fingerprint density at radius 3 is 2.26 bits per heavy atom. The van der Waals surface area contributed by atoms with E-state index in [-0.39, 0.29) is 30.1 Å². The van der Waals surface area contributed by atoms with Gasteiger partial charge in [0.1, 0.15) is 0 Å². The second-order valence-corrected chi connectivity index (χ2v) is 10.9. The van der Waals surface area contributed by atoms with Crippen LogP contribution in [0.3, 0.4) is 0 Å². The summed E-state index contributed by atoms with van der Waals surface area (Å²) in [6.45, 7) is 2.69. The number of carbonyl (C=O) groups excluding carboxylic acids is 2. The number of rotatable bonds is 6. The maximum Gasteiger partial charge on any atom is 0.251 e. The second kappa shape index (κ2) is 8.33. The first-order valence-corrected chi connectivity index (χ1v) is 12.5. The van der Waals surface area contributed by atoms with E-state index in [0.717, 1.165) is 53.9 Å². The Labute approximate surface area is 200 Å². The third-order valence-corrected chi connectivity index (χ3v) is 8.43. The van der Waals surface area contributed by atoms with Gasteiger partial charge in [-0.1, -0.05) is 18.2 Å². The highest BCUT2D eigenvalue weighted by molar-refractivity contribution is 5.94. The third-order valence-electron chi connectivity index (χ3n) is 8.43. The van der Waals surface area contributed by atoms with Crippen molar-refractivity contribution in [2.45, 2.75) is 58.0 Å². The van der Waals surface area contributed by atoms with Crippen molar-refractivity contribution in [3.05, 3.63) is 59.2 Å². The molecular formula is C28H32N2O4. The largest absolute Gasteiger partial charge is 0.454 e. The second-order valence-electron chi connectivity index (χ2n) is 10.9. The number of amides is 2. The molecule has 1 aliphatic heterocycles. The van der Waals surface area contributed by atoms with Gasteiger partial charge >= 0.3 is 0 Å². The zero-order valence-electron chi connectivity index (χ0n) is 19.6. The predicted molar refractivity (Wildman–Crippen MR) is 127 cm³/mol. The molecule has 0 saturated heterocycles. The van der Waals surface area contributed by atoms with E-state index in [9.17, 15) is 9.59 Å². The van der Waals surface area contributed by atoms with E-state index in [4.69, 9.17) is 9.47 Å². The van der Waals surface area contributed by atoms with E-state index >= 15 is 0 Å². The van der Waals surface area contributed by atoms with Crippen LogP contribution in [0.4, 0.5) is 0 Å². The van der Waals surface area contributed by atoms with Crippen LogP contribution in [-0.2, 0) is 11.3 Å². The van der Waals surface area contributed by atoms with Crippen molar-refractivity contribution in [2.24, 2.45) is 23.2 Å². The number of hydrogen-bond donors (Lipinski definition) is 2. The minimum Gasteiger partial charge on any atom is -0.454 e. The summed E-state index contributed by atoms with van der Waals surface area (Å²) in [6, 6.07) is 13.1. The fraction of sp³-hybridized carbons (Fsp3) is 0.500. The topological polar surface area (TPSA) is 76.7 Å². The van der Waals surface area contributed by atoms with E-state index in [1.807, 2.05) is 49.4 Å². The SMILES string of the molecule is CC(NC(=O)c1ccc(CNC(=O)C23CC4CC(CC(C4)C2)C3)cc1)c1ccc2c(c1)OCO2. The van der Waals surface area contributed by atoms with Crippen molar-refractivity contribution in [3.63, 3.8) is 0 Å². The minimum atomic E-state index is -0.166. The number of benzene rings is 2. The van der Waals surface area contributed by atoms with Gasteiger partial charge < -0.3 is 20.1 Å². The van der Waals surface area contributed by atoms with E-state index in [1.54, 1.807) is 0 Å². The molecule has 34 heavy (non-hydrogen) atoms. The lowest BCUT2D eigenvalue weighted by Crippen LogP contribution is -2.53. The van der Waals surface area contributed by atoms with Gasteiger partial charge in [0, 0.05) is 17.5 Å². The molecule has 4 fully saturated rings. The number of hydrogen-bond acceptors (Lipinski definition) is 4. The van der Waals surface area contributed by atoms with Crippen LogP contribution in [0.15, 0.2) is 42.5 Å². The third kappa shape index (κ3) is 3.93. The lowest BCUT2D eigenvalue weighted by atomic mass is 9.49. The van der Waals surface area contributed by atoms with E-state index in [2.05, 4.69) is 10.6 Å². The molecule has 2 aromatic carbocycles. The van der Waals surface area contributed by atoms with Gasteiger partial charge in [-0.05, 0) is 98.6 Å². The molecule has 6 heteroatoms. The summed E-state index contributed by atoms with van der Waals surface area (Å²) < 4.78 is 10.8. The molecule has 4 saturated carbocycles. The summed E-state index contributed by atoms with van der Waals surface area (Å²) in [5.41, 5.74) is 2.45. The van der Waals surface area contributed by atoms with Crippen molar-refractivity contribution in [3.8, 4) is 11.5 Å². The molecule has 0 spiro atoms. The molecule has 0 radical (unpaired) electrons. The van der Waals surface area contributed by atoms with Crippen LogP contribution in [0.2, 0.25) is 0 Å². The Morgan fingerprint density at radius 2 is 1.59 bits per heavy atom.